The minimum atomic E-state index is -0.604. The first-order chi connectivity index (χ1) is 11.5. The van der Waals surface area contributed by atoms with Crippen molar-refractivity contribution in [3.05, 3.63) is 27.1 Å². The van der Waals surface area contributed by atoms with Crippen LogP contribution in [0.5, 0.6) is 0 Å². The maximum Gasteiger partial charge on any atom is 0.329 e. The lowest BCUT2D eigenvalue weighted by atomic mass is 9.97. The van der Waals surface area contributed by atoms with Crippen molar-refractivity contribution in [2.75, 3.05) is 6.61 Å². The zero-order valence-corrected chi connectivity index (χ0v) is 15.3. The van der Waals surface area contributed by atoms with E-state index in [4.69, 9.17) is 4.74 Å². The van der Waals surface area contributed by atoms with Crippen LogP contribution in [0, 0.1) is 5.92 Å². The molecule has 0 bridgehead atoms. The van der Waals surface area contributed by atoms with Gasteiger partial charge in [0, 0.05) is 4.88 Å². The predicted octanol–water partition coefficient (Wildman–Crippen LogP) is 3.49. The molecule has 1 aliphatic rings. The summed E-state index contributed by atoms with van der Waals surface area (Å²) >= 11 is 1.62. The summed E-state index contributed by atoms with van der Waals surface area (Å²) in [5.74, 6) is -0.0776. The Morgan fingerprint density at radius 2 is 2.12 bits per heavy atom. The van der Waals surface area contributed by atoms with Crippen LogP contribution in [-0.2, 0) is 22.4 Å². The second-order valence-corrected chi connectivity index (χ2v) is 7.88. The molecule has 0 aromatic carbocycles. The van der Waals surface area contributed by atoms with Crippen LogP contribution in [0.2, 0.25) is 0 Å². The molecular formula is C18H24N2O3S. The highest BCUT2D eigenvalue weighted by atomic mass is 32.1. The normalized spacial score (nSPS) is 15.5. The molecule has 3 rings (SSSR count). The third kappa shape index (κ3) is 3.11. The van der Waals surface area contributed by atoms with E-state index in [0.29, 0.717) is 18.4 Å². The molecule has 6 heteroatoms. The van der Waals surface area contributed by atoms with Crippen LogP contribution in [0.1, 0.15) is 56.5 Å². The Hall–Kier alpha value is -1.69. The second kappa shape index (κ2) is 7.05. The Morgan fingerprint density at radius 3 is 2.83 bits per heavy atom. The summed E-state index contributed by atoms with van der Waals surface area (Å²) in [5.41, 5.74) is 1.05. The number of hydrogen-bond acceptors (Lipinski definition) is 5. The smallest absolute Gasteiger partial charge is 0.329 e. The largest absolute Gasteiger partial charge is 0.464 e. The van der Waals surface area contributed by atoms with E-state index in [-0.39, 0.29) is 17.4 Å². The fraction of sp³-hybridized carbons (Fsp3) is 0.611. The van der Waals surface area contributed by atoms with E-state index >= 15 is 0 Å². The molecule has 2 heterocycles. The van der Waals surface area contributed by atoms with Crippen molar-refractivity contribution >= 4 is 27.5 Å². The van der Waals surface area contributed by atoms with Crippen LogP contribution in [0.25, 0.3) is 10.2 Å². The Balaban J connectivity index is 2.00. The summed E-state index contributed by atoms with van der Waals surface area (Å²) in [6.07, 6.45) is 6.27. The number of thiophene rings is 1. The summed E-state index contributed by atoms with van der Waals surface area (Å²) < 4.78 is 6.81. The van der Waals surface area contributed by atoms with Gasteiger partial charge in [0.25, 0.3) is 5.56 Å². The number of carbonyl (C=O) groups excluding carboxylic acids is 1. The molecule has 0 radical (unpaired) electrons. The molecule has 0 fully saturated rings. The van der Waals surface area contributed by atoms with Gasteiger partial charge >= 0.3 is 5.97 Å². The number of hydrogen-bond donors (Lipinski definition) is 0. The molecule has 1 atom stereocenters. The summed E-state index contributed by atoms with van der Waals surface area (Å²) in [4.78, 5) is 32.0. The lowest BCUT2D eigenvalue weighted by Crippen LogP contribution is -2.31. The fourth-order valence-corrected chi connectivity index (χ4v) is 4.42. The Morgan fingerprint density at radius 1 is 1.38 bits per heavy atom. The van der Waals surface area contributed by atoms with Gasteiger partial charge in [-0.2, -0.15) is 0 Å². The average molecular weight is 348 g/mol. The standard InChI is InChI=1S/C18H24N2O3S/c1-4-13(18(22)23-9-11(2)3)20-10-19-16-15(17(20)21)12-7-5-6-8-14(12)24-16/h10-11,13H,4-9H2,1-3H3/t13-/m1/s1. The van der Waals surface area contributed by atoms with Crippen molar-refractivity contribution in [1.82, 2.24) is 9.55 Å². The van der Waals surface area contributed by atoms with Crippen LogP contribution < -0.4 is 5.56 Å². The number of nitrogens with zero attached hydrogens (tertiary/aromatic N) is 2. The average Bonchev–Trinajstić information content (AvgIpc) is 2.94. The highest BCUT2D eigenvalue weighted by molar-refractivity contribution is 7.18. The minimum absolute atomic E-state index is 0.104. The van der Waals surface area contributed by atoms with Crippen molar-refractivity contribution in [3.8, 4) is 0 Å². The predicted molar refractivity (Wildman–Crippen MR) is 95.6 cm³/mol. The van der Waals surface area contributed by atoms with E-state index in [0.717, 1.165) is 29.7 Å². The first-order valence-electron chi connectivity index (χ1n) is 8.71. The Bertz CT molecular complexity index is 806. The van der Waals surface area contributed by atoms with E-state index in [1.54, 1.807) is 11.3 Å². The van der Waals surface area contributed by atoms with E-state index < -0.39 is 6.04 Å². The van der Waals surface area contributed by atoms with Gasteiger partial charge in [0.15, 0.2) is 0 Å². The summed E-state index contributed by atoms with van der Waals surface area (Å²) in [6, 6.07) is -0.604. The van der Waals surface area contributed by atoms with Crippen LogP contribution in [0.15, 0.2) is 11.1 Å². The van der Waals surface area contributed by atoms with Gasteiger partial charge in [0.2, 0.25) is 0 Å². The number of carbonyl (C=O) groups is 1. The van der Waals surface area contributed by atoms with Crippen molar-refractivity contribution in [2.45, 2.75) is 58.9 Å². The van der Waals surface area contributed by atoms with E-state index in [1.807, 2.05) is 20.8 Å². The van der Waals surface area contributed by atoms with Gasteiger partial charge in [-0.3, -0.25) is 9.36 Å². The van der Waals surface area contributed by atoms with Gasteiger partial charge in [-0.15, -0.1) is 11.3 Å². The highest BCUT2D eigenvalue weighted by Gasteiger charge is 2.25. The molecule has 0 N–H and O–H groups in total. The number of ether oxygens (including phenoxy) is 1. The van der Waals surface area contributed by atoms with Crippen molar-refractivity contribution in [1.29, 1.82) is 0 Å². The number of rotatable bonds is 5. The summed E-state index contributed by atoms with van der Waals surface area (Å²) in [7, 11) is 0. The monoisotopic (exact) mass is 348 g/mol. The molecule has 0 amide bonds. The number of aromatic nitrogens is 2. The molecule has 0 saturated heterocycles. The Labute approximate surface area is 145 Å². The quantitative estimate of drug-likeness (QED) is 0.776. The molecular weight excluding hydrogens is 324 g/mol. The molecule has 24 heavy (non-hydrogen) atoms. The molecule has 2 aromatic rings. The minimum Gasteiger partial charge on any atom is -0.464 e. The molecule has 0 unspecified atom stereocenters. The molecule has 5 nitrogen and oxygen atoms in total. The molecule has 0 saturated carbocycles. The summed E-state index contributed by atoms with van der Waals surface area (Å²) in [5, 5.41) is 0.715. The van der Waals surface area contributed by atoms with Crippen molar-refractivity contribution in [3.63, 3.8) is 0 Å². The maximum absolute atomic E-state index is 13.0. The topological polar surface area (TPSA) is 61.2 Å². The SMILES string of the molecule is CC[C@H](C(=O)OCC(C)C)n1cnc2sc3c(c2c1=O)CCCC3. The lowest BCUT2D eigenvalue weighted by Gasteiger charge is -2.18. The fourth-order valence-electron chi connectivity index (χ4n) is 3.20. The van der Waals surface area contributed by atoms with Gasteiger partial charge in [0.1, 0.15) is 10.9 Å². The van der Waals surface area contributed by atoms with E-state index in [2.05, 4.69) is 4.98 Å². The van der Waals surface area contributed by atoms with Crippen LogP contribution in [0.3, 0.4) is 0 Å². The maximum atomic E-state index is 13.0. The summed E-state index contributed by atoms with van der Waals surface area (Å²) in [6.45, 7) is 6.24. The van der Waals surface area contributed by atoms with E-state index in [9.17, 15) is 9.59 Å². The van der Waals surface area contributed by atoms with Crippen LogP contribution >= 0.6 is 11.3 Å². The third-order valence-electron chi connectivity index (χ3n) is 4.45. The zero-order chi connectivity index (χ0) is 17.3. The molecule has 2 aromatic heterocycles. The Kier molecular flexibility index (Phi) is 5.04. The van der Waals surface area contributed by atoms with Gasteiger partial charge in [-0.1, -0.05) is 20.8 Å². The highest BCUT2D eigenvalue weighted by Crippen LogP contribution is 2.33. The van der Waals surface area contributed by atoms with Crippen molar-refractivity contribution in [2.24, 2.45) is 5.92 Å². The lowest BCUT2D eigenvalue weighted by molar-refractivity contribution is -0.149. The number of fused-ring (bicyclic) bond motifs is 3. The molecule has 1 aliphatic carbocycles. The molecule has 0 spiro atoms. The van der Waals surface area contributed by atoms with Gasteiger partial charge in [-0.05, 0) is 43.6 Å². The molecule has 130 valence electrons. The zero-order valence-electron chi connectivity index (χ0n) is 14.5. The van der Waals surface area contributed by atoms with E-state index in [1.165, 1.54) is 22.2 Å². The van der Waals surface area contributed by atoms with Crippen LogP contribution in [0.4, 0.5) is 0 Å². The van der Waals surface area contributed by atoms with Gasteiger partial charge in [0.05, 0.1) is 18.3 Å². The van der Waals surface area contributed by atoms with Gasteiger partial charge < -0.3 is 4.74 Å². The molecule has 0 aliphatic heterocycles. The number of aryl methyl sites for hydroxylation is 2. The second-order valence-electron chi connectivity index (χ2n) is 6.80. The third-order valence-corrected chi connectivity index (χ3v) is 5.65. The first kappa shape index (κ1) is 17.1. The van der Waals surface area contributed by atoms with Crippen molar-refractivity contribution < 1.29 is 9.53 Å². The van der Waals surface area contributed by atoms with Crippen LogP contribution in [-0.4, -0.2) is 22.1 Å². The first-order valence-corrected chi connectivity index (χ1v) is 9.52. The van der Waals surface area contributed by atoms with Gasteiger partial charge in [-0.25, -0.2) is 9.78 Å². The number of esters is 1.